The van der Waals surface area contributed by atoms with Crippen LogP contribution in [0.1, 0.15) is 46.5 Å². The lowest BCUT2D eigenvalue weighted by atomic mass is 9.92. The summed E-state index contributed by atoms with van der Waals surface area (Å²) in [5.41, 5.74) is -1.05. The Kier molecular flexibility index (Phi) is 5.18. The van der Waals surface area contributed by atoms with Gasteiger partial charge in [-0.1, -0.05) is 12.8 Å². The number of ether oxygens (including phenoxy) is 1. The molecule has 0 aromatic heterocycles. The Labute approximate surface area is 87.7 Å². The summed E-state index contributed by atoms with van der Waals surface area (Å²) in [6.45, 7) is 5.85. The lowest BCUT2D eigenvalue weighted by Crippen LogP contribution is -2.28. The van der Waals surface area contributed by atoms with Crippen molar-refractivity contribution < 1.29 is 9.84 Å². The monoisotopic (exact) mass is 198 g/mol. The number of aliphatic hydroxyl groups is 1. The molecule has 14 heavy (non-hydrogen) atoms. The Morgan fingerprint density at radius 3 is 2.29 bits per heavy atom. The summed E-state index contributed by atoms with van der Waals surface area (Å²) < 4.78 is 5.40. The van der Waals surface area contributed by atoms with E-state index in [2.05, 4.69) is 19.8 Å². The molecular formula is C12H22O2. The fourth-order valence-corrected chi connectivity index (χ4v) is 1.30. The van der Waals surface area contributed by atoms with Crippen LogP contribution in [0.4, 0.5) is 0 Å². The molecular weight excluding hydrogens is 176 g/mol. The predicted molar refractivity (Wildman–Crippen MR) is 59.0 cm³/mol. The van der Waals surface area contributed by atoms with Gasteiger partial charge in [0.1, 0.15) is 5.60 Å². The molecule has 0 unspecified atom stereocenters. The van der Waals surface area contributed by atoms with Crippen LogP contribution in [0.5, 0.6) is 0 Å². The Morgan fingerprint density at radius 2 is 1.93 bits per heavy atom. The molecule has 2 atom stereocenters. The fourth-order valence-electron chi connectivity index (χ4n) is 1.30. The second-order valence-corrected chi connectivity index (χ2v) is 4.28. The molecule has 0 radical (unpaired) electrons. The summed E-state index contributed by atoms with van der Waals surface area (Å²) in [5.74, 6) is 2.38. The van der Waals surface area contributed by atoms with E-state index in [1.54, 1.807) is 14.0 Å². The van der Waals surface area contributed by atoms with Crippen molar-refractivity contribution in [1.82, 2.24) is 0 Å². The quantitative estimate of drug-likeness (QED) is 0.664. The summed E-state index contributed by atoms with van der Waals surface area (Å²) in [5, 5.41) is 9.59. The molecule has 0 saturated carbocycles. The zero-order valence-corrected chi connectivity index (χ0v) is 9.76. The van der Waals surface area contributed by atoms with Gasteiger partial charge in [-0.15, -0.1) is 6.42 Å². The highest BCUT2D eigenvalue weighted by Gasteiger charge is 2.23. The lowest BCUT2D eigenvalue weighted by Gasteiger charge is -2.27. The highest BCUT2D eigenvalue weighted by molar-refractivity contribution is 5.04. The third-order valence-electron chi connectivity index (χ3n) is 2.92. The van der Waals surface area contributed by atoms with Crippen LogP contribution >= 0.6 is 0 Å². The normalized spacial score (nSPS) is 19.4. The van der Waals surface area contributed by atoms with Crippen LogP contribution in [0, 0.1) is 12.3 Å². The van der Waals surface area contributed by atoms with Crippen LogP contribution in [0.3, 0.4) is 0 Å². The summed E-state index contributed by atoms with van der Waals surface area (Å²) in [6, 6.07) is 0. The molecule has 2 heteroatoms. The maximum atomic E-state index is 9.59. The molecule has 0 heterocycles. The summed E-state index contributed by atoms with van der Waals surface area (Å²) in [4.78, 5) is 0. The van der Waals surface area contributed by atoms with Crippen LogP contribution in [0.15, 0.2) is 0 Å². The number of hydrogen-bond donors (Lipinski definition) is 1. The highest BCUT2D eigenvalue weighted by Crippen LogP contribution is 2.23. The molecule has 0 saturated heterocycles. The van der Waals surface area contributed by atoms with Gasteiger partial charge < -0.3 is 9.84 Å². The van der Waals surface area contributed by atoms with Gasteiger partial charge in [-0.25, -0.2) is 0 Å². The van der Waals surface area contributed by atoms with E-state index >= 15 is 0 Å². The molecule has 0 aromatic carbocycles. The van der Waals surface area contributed by atoms with Crippen LogP contribution in [-0.2, 0) is 4.74 Å². The van der Waals surface area contributed by atoms with Crippen LogP contribution < -0.4 is 0 Å². The van der Waals surface area contributed by atoms with Gasteiger partial charge in [-0.05, 0) is 39.5 Å². The van der Waals surface area contributed by atoms with E-state index in [4.69, 9.17) is 11.2 Å². The first-order valence-electron chi connectivity index (χ1n) is 5.14. The summed E-state index contributed by atoms with van der Waals surface area (Å²) in [6.07, 6.45) is 8.60. The largest absolute Gasteiger partial charge is 0.379 e. The average molecular weight is 198 g/mol. The van der Waals surface area contributed by atoms with Gasteiger partial charge in [0.25, 0.3) is 0 Å². The van der Waals surface area contributed by atoms with Gasteiger partial charge in [0.2, 0.25) is 0 Å². The minimum atomic E-state index is -0.970. The van der Waals surface area contributed by atoms with E-state index in [1.807, 2.05) is 0 Å². The van der Waals surface area contributed by atoms with E-state index in [-0.39, 0.29) is 5.60 Å². The maximum Gasteiger partial charge on any atom is 0.122 e. The predicted octanol–water partition coefficient (Wildman–Crippen LogP) is 2.36. The maximum absolute atomic E-state index is 9.59. The molecule has 0 rings (SSSR count). The first-order chi connectivity index (χ1) is 6.39. The van der Waals surface area contributed by atoms with E-state index < -0.39 is 5.60 Å². The molecule has 0 aliphatic rings. The Morgan fingerprint density at radius 1 is 1.36 bits per heavy atom. The van der Waals surface area contributed by atoms with Crippen LogP contribution in [0.2, 0.25) is 0 Å². The van der Waals surface area contributed by atoms with Crippen LogP contribution in [0.25, 0.3) is 0 Å². The minimum Gasteiger partial charge on any atom is -0.379 e. The second kappa shape index (κ2) is 5.38. The average Bonchev–Trinajstić information content (AvgIpc) is 2.17. The minimum absolute atomic E-state index is 0.0787. The van der Waals surface area contributed by atoms with Crippen molar-refractivity contribution >= 4 is 0 Å². The smallest absolute Gasteiger partial charge is 0.122 e. The standard InChI is InChI=1S/C12H22O2/c1-6-11(3,13)9-8-10-12(4,7-2)14-5/h1,13H,7-10H2,2-5H3/t11-,12-/m1/s1. The number of terminal acetylenes is 1. The second-order valence-electron chi connectivity index (χ2n) is 4.28. The molecule has 0 aliphatic carbocycles. The zero-order valence-electron chi connectivity index (χ0n) is 9.76. The van der Waals surface area contributed by atoms with Gasteiger partial charge in [0, 0.05) is 7.11 Å². The molecule has 0 amide bonds. The Hall–Kier alpha value is -0.520. The summed E-state index contributed by atoms with van der Waals surface area (Å²) in [7, 11) is 1.73. The van der Waals surface area contributed by atoms with Gasteiger partial charge in [-0.3, -0.25) is 0 Å². The van der Waals surface area contributed by atoms with Gasteiger partial charge in [-0.2, -0.15) is 0 Å². The van der Waals surface area contributed by atoms with E-state index in [0.29, 0.717) is 6.42 Å². The lowest BCUT2D eigenvalue weighted by molar-refractivity contribution is -0.0102. The third-order valence-corrected chi connectivity index (χ3v) is 2.92. The van der Waals surface area contributed by atoms with Gasteiger partial charge >= 0.3 is 0 Å². The molecule has 2 nitrogen and oxygen atoms in total. The van der Waals surface area contributed by atoms with Crippen molar-refractivity contribution in [2.24, 2.45) is 0 Å². The number of rotatable bonds is 6. The molecule has 82 valence electrons. The summed E-state index contributed by atoms with van der Waals surface area (Å²) >= 11 is 0. The number of methoxy groups -OCH3 is 1. The Bertz CT molecular complexity index is 197. The van der Waals surface area contributed by atoms with Gasteiger partial charge in [0.15, 0.2) is 0 Å². The van der Waals surface area contributed by atoms with Crippen molar-refractivity contribution in [2.75, 3.05) is 7.11 Å². The van der Waals surface area contributed by atoms with Crippen molar-refractivity contribution in [3.05, 3.63) is 0 Å². The topological polar surface area (TPSA) is 29.5 Å². The molecule has 0 fully saturated rings. The third kappa shape index (κ3) is 4.64. The van der Waals surface area contributed by atoms with Crippen molar-refractivity contribution in [2.45, 2.75) is 57.7 Å². The molecule has 0 aliphatic heterocycles. The van der Waals surface area contributed by atoms with Gasteiger partial charge in [0.05, 0.1) is 5.60 Å². The SMILES string of the molecule is C#C[C@@](C)(O)CCC[C@@](C)(CC)OC. The highest BCUT2D eigenvalue weighted by atomic mass is 16.5. The van der Waals surface area contributed by atoms with Crippen molar-refractivity contribution in [3.63, 3.8) is 0 Å². The molecule has 0 aromatic rings. The molecule has 1 N–H and O–H groups in total. The first kappa shape index (κ1) is 13.5. The zero-order chi connectivity index (χ0) is 11.2. The number of hydrogen-bond acceptors (Lipinski definition) is 2. The van der Waals surface area contributed by atoms with E-state index in [0.717, 1.165) is 19.3 Å². The molecule has 0 bridgehead atoms. The Balaban J connectivity index is 3.91. The van der Waals surface area contributed by atoms with Crippen molar-refractivity contribution in [3.8, 4) is 12.3 Å². The van der Waals surface area contributed by atoms with E-state index in [1.165, 1.54) is 0 Å². The van der Waals surface area contributed by atoms with E-state index in [9.17, 15) is 5.11 Å². The first-order valence-corrected chi connectivity index (χ1v) is 5.14. The van der Waals surface area contributed by atoms with Crippen LogP contribution in [-0.4, -0.2) is 23.4 Å². The molecule has 0 spiro atoms. The fraction of sp³-hybridized carbons (Fsp3) is 0.833. The van der Waals surface area contributed by atoms with Crippen molar-refractivity contribution in [1.29, 1.82) is 0 Å².